The second kappa shape index (κ2) is 4.80. The monoisotopic (exact) mass is 288 g/mol. The largest absolute Gasteiger partial charge is 0.839 e. The first kappa shape index (κ1) is 12.9. The quantitative estimate of drug-likeness (QED) is 0.420. The summed E-state index contributed by atoms with van der Waals surface area (Å²) in [4.78, 5) is 11.9. The first-order valence-corrected chi connectivity index (χ1v) is 6.94. The van der Waals surface area contributed by atoms with Crippen LogP contribution in [0.5, 0.6) is 5.88 Å². The van der Waals surface area contributed by atoms with Crippen LogP contribution in [0.25, 0.3) is 16.6 Å². The van der Waals surface area contributed by atoms with E-state index in [1.54, 1.807) is 8.97 Å². The van der Waals surface area contributed by atoms with E-state index in [4.69, 9.17) is 11.6 Å². The van der Waals surface area contributed by atoms with Crippen LogP contribution in [0.15, 0.2) is 36.4 Å². The number of rotatable bonds is 3. The molecular weight excluding hydrogens is 276 g/mol. The van der Waals surface area contributed by atoms with Crippen LogP contribution in [0.3, 0.4) is 0 Å². The minimum absolute atomic E-state index is 0.158. The highest BCUT2D eigenvalue weighted by Gasteiger charge is 2.26. The minimum Gasteiger partial charge on any atom is -0.839 e. The maximum absolute atomic E-state index is 12.5. The van der Waals surface area contributed by atoms with Crippen molar-refractivity contribution in [2.45, 2.75) is 13.5 Å². The number of carbonyl (C=O) groups excluding carboxylic acids is 1. The Hall–Kier alpha value is -2.07. The molecule has 20 heavy (non-hydrogen) atoms. The number of hydrogen-bond donors (Lipinski definition) is 0. The third-order valence-electron chi connectivity index (χ3n) is 3.46. The first-order chi connectivity index (χ1) is 9.69. The highest BCUT2D eigenvalue weighted by atomic mass is 35.5. The summed E-state index contributed by atoms with van der Waals surface area (Å²) in [6.07, 6.45) is 0. The zero-order chi connectivity index (χ0) is 14.3. The standard InChI is InChI=1S/C15H13ClN2O2/c1-2-17-13-8-10-6-4-3-5-7-11(10)18(13)15(20)14(17)12(19)9-16/h3-8H,2,9H2,1H3. The van der Waals surface area contributed by atoms with Gasteiger partial charge in [-0.25, -0.2) is 8.97 Å². The lowest BCUT2D eigenvalue weighted by molar-refractivity contribution is -0.670. The molecule has 0 aliphatic heterocycles. The van der Waals surface area contributed by atoms with Crippen molar-refractivity contribution in [1.29, 1.82) is 0 Å². The molecule has 0 bridgehead atoms. The highest BCUT2D eigenvalue weighted by Crippen LogP contribution is 2.25. The fraction of sp³-hybridized carbons (Fsp3) is 0.200. The Morgan fingerprint density at radius 3 is 2.80 bits per heavy atom. The molecule has 0 radical (unpaired) electrons. The molecule has 5 heteroatoms. The summed E-state index contributed by atoms with van der Waals surface area (Å²) in [5.41, 5.74) is 1.68. The van der Waals surface area contributed by atoms with Gasteiger partial charge in [-0.15, -0.1) is 11.6 Å². The van der Waals surface area contributed by atoms with E-state index in [2.05, 4.69) is 0 Å². The minimum atomic E-state index is -0.337. The van der Waals surface area contributed by atoms with Gasteiger partial charge in [-0.05, 0) is 13.0 Å². The van der Waals surface area contributed by atoms with Crippen molar-refractivity contribution in [2.75, 3.05) is 5.88 Å². The van der Waals surface area contributed by atoms with Crippen molar-refractivity contribution in [3.05, 3.63) is 42.1 Å². The molecule has 3 rings (SSSR count). The Morgan fingerprint density at radius 1 is 1.35 bits per heavy atom. The molecule has 0 saturated heterocycles. The van der Waals surface area contributed by atoms with Crippen molar-refractivity contribution in [3.8, 4) is 5.88 Å². The smallest absolute Gasteiger partial charge is 0.287 e. The van der Waals surface area contributed by atoms with Crippen LogP contribution in [0.4, 0.5) is 0 Å². The molecule has 0 atom stereocenters. The summed E-state index contributed by atoms with van der Waals surface area (Å²) in [6.45, 7) is 2.45. The van der Waals surface area contributed by atoms with Crippen LogP contribution in [0, 0.1) is 0 Å². The van der Waals surface area contributed by atoms with Gasteiger partial charge in [0.15, 0.2) is 0 Å². The van der Waals surface area contributed by atoms with Crippen molar-refractivity contribution >= 4 is 33.9 Å². The second-order valence-electron chi connectivity index (χ2n) is 4.54. The predicted octanol–water partition coefficient (Wildman–Crippen LogP) is 1.89. The average Bonchev–Trinajstić information content (AvgIpc) is 2.83. The third-order valence-corrected chi connectivity index (χ3v) is 3.70. The number of fused-ring (bicyclic) bond motifs is 3. The number of alkyl halides is 1. The van der Waals surface area contributed by atoms with Crippen LogP contribution in [0.1, 0.15) is 17.4 Å². The van der Waals surface area contributed by atoms with Gasteiger partial charge in [0.2, 0.25) is 11.5 Å². The summed E-state index contributed by atoms with van der Waals surface area (Å²) in [5.74, 6) is -0.821. The van der Waals surface area contributed by atoms with Crippen molar-refractivity contribution in [1.82, 2.24) is 4.40 Å². The first-order valence-electron chi connectivity index (χ1n) is 6.41. The van der Waals surface area contributed by atoms with E-state index < -0.39 is 0 Å². The molecule has 3 aromatic rings. The SMILES string of the molecule is CC[n+]1c(C(=O)CCl)c([O-])n2c3cccccc3cc21. The van der Waals surface area contributed by atoms with Gasteiger partial charge in [-0.2, -0.15) is 0 Å². The van der Waals surface area contributed by atoms with E-state index in [0.29, 0.717) is 6.54 Å². The summed E-state index contributed by atoms with van der Waals surface area (Å²) in [5, 5.41) is 13.5. The van der Waals surface area contributed by atoms with Gasteiger partial charge in [-0.3, -0.25) is 4.79 Å². The van der Waals surface area contributed by atoms with Crippen LogP contribution in [-0.4, -0.2) is 16.1 Å². The van der Waals surface area contributed by atoms with E-state index in [1.165, 1.54) is 0 Å². The van der Waals surface area contributed by atoms with Crippen molar-refractivity contribution in [2.24, 2.45) is 0 Å². The summed E-state index contributed by atoms with van der Waals surface area (Å²) >= 11 is 5.61. The lowest BCUT2D eigenvalue weighted by Crippen LogP contribution is -2.38. The fourth-order valence-corrected chi connectivity index (χ4v) is 2.73. The number of aryl methyl sites for hydroxylation is 1. The maximum Gasteiger partial charge on any atom is 0.287 e. The number of Topliss-reactive ketones (excluding diaryl/α,β-unsaturated/α-hetero) is 1. The van der Waals surface area contributed by atoms with Gasteiger partial charge >= 0.3 is 0 Å². The van der Waals surface area contributed by atoms with E-state index in [9.17, 15) is 9.90 Å². The van der Waals surface area contributed by atoms with Crippen LogP contribution in [-0.2, 0) is 6.54 Å². The van der Waals surface area contributed by atoms with Crippen LogP contribution in [0.2, 0.25) is 0 Å². The highest BCUT2D eigenvalue weighted by molar-refractivity contribution is 6.30. The van der Waals surface area contributed by atoms with Crippen LogP contribution < -0.4 is 9.67 Å². The molecule has 0 aliphatic rings. The molecule has 0 amide bonds. The van der Waals surface area contributed by atoms with Crippen LogP contribution >= 0.6 is 11.6 Å². The zero-order valence-corrected chi connectivity index (χ0v) is 11.7. The number of nitrogens with zero attached hydrogens (tertiary/aromatic N) is 2. The average molecular weight is 289 g/mol. The molecule has 2 heterocycles. The lowest BCUT2D eigenvalue weighted by Gasteiger charge is -2.02. The van der Waals surface area contributed by atoms with Gasteiger partial charge < -0.3 is 5.11 Å². The van der Waals surface area contributed by atoms with Crippen molar-refractivity contribution < 1.29 is 14.5 Å². The van der Waals surface area contributed by atoms with Gasteiger partial charge in [0, 0.05) is 11.5 Å². The molecule has 0 N–H and O–H groups in total. The van der Waals surface area contributed by atoms with Gasteiger partial charge in [0.25, 0.3) is 5.65 Å². The van der Waals surface area contributed by atoms with Gasteiger partial charge in [-0.1, -0.05) is 24.3 Å². The summed E-state index contributed by atoms with van der Waals surface area (Å²) < 4.78 is 3.31. The van der Waals surface area contributed by atoms with Crippen molar-refractivity contribution in [3.63, 3.8) is 0 Å². The number of imidazole rings is 1. The molecule has 0 spiro atoms. The molecule has 2 aromatic heterocycles. The topological polar surface area (TPSA) is 48.4 Å². The molecule has 0 aliphatic carbocycles. The maximum atomic E-state index is 12.5. The molecule has 102 valence electrons. The zero-order valence-electron chi connectivity index (χ0n) is 11.0. The third kappa shape index (κ3) is 1.68. The Balaban J connectivity index is 2.49. The Morgan fingerprint density at radius 2 is 2.10 bits per heavy atom. The number of ketones is 1. The predicted molar refractivity (Wildman–Crippen MR) is 75.3 cm³/mol. The van der Waals surface area contributed by atoms with Gasteiger partial charge in [0.05, 0.1) is 12.4 Å². The Kier molecular flexibility index (Phi) is 3.10. The summed E-state index contributed by atoms with van der Waals surface area (Å²) in [7, 11) is 0. The van der Waals surface area contributed by atoms with E-state index >= 15 is 0 Å². The number of hydrogen-bond acceptors (Lipinski definition) is 2. The molecule has 0 fully saturated rings. The molecular formula is C15H13ClN2O2. The van der Waals surface area contributed by atoms with Gasteiger partial charge in [0.1, 0.15) is 11.4 Å². The number of aromatic nitrogens is 2. The Bertz CT molecular complexity index is 823. The molecule has 1 aromatic carbocycles. The normalized spacial score (nSPS) is 11.3. The number of carbonyl (C=O) groups is 1. The van der Waals surface area contributed by atoms with E-state index in [1.807, 2.05) is 43.3 Å². The lowest BCUT2D eigenvalue weighted by atomic mass is 10.3. The number of halogens is 1. The van der Waals surface area contributed by atoms with E-state index in [-0.39, 0.29) is 23.2 Å². The molecule has 0 unspecified atom stereocenters. The fourth-order valence-electron chi connectivity index (χ4n) is 2.61. The Labute approximate surface area is 120 Å². The second-order valence-corrected chi connectivity index (χ2v) is 4.81. The molecule has 4 nitrogen and oxygen atoms in total. The van der Waals surface area contributed by atoms with E-state index in [0.717, 1.165) is 16.6 Å². The summed E-state index contributed by atoms with van der Waals surface area (Å²) in [6, 6.07) is 11.4. The molecule has 0 saturated carbocycles.